The summed E-state index contributed by atoms with van der Waals surface area (Å²) >= 11 is 5.88. The first kappa shape index (κ1) is 18.3. The highest BCUT2D eigenvalue weighted by Gasteiger charge is 2.13. The van der Waals surface area contributed by atoms with E-state index in [1.165, 1.54) is 12.3 Å². The number of amides is 2. The number of hydrogen-bond acceptors (Lipinski definition) is 5. The second-order valence-electron chi connectivity index (χ2n) is 5.68. The van der Waals surface area contributed by atoms with E-state index in [4.69, 9.17) is 16.0 Å². The van der Waals surface area contributed by atoms with Gasteiger partial charge in [-0.1, -0.05) is 23.7 Å². The number of nitrogens with zero attached hydrogens (tertiary/aromatic N) is 1. The average molecular weight is 384 g/mol. The van der Waals surface area contributed by atoms with E-state index in [0.717, 1.165) is 11.8 Å². The van der Waals surface area contributed by atoms with E-state index >= 15 is 0 Å². The summed E-state index contributed by atoms with van der Waals surface area (Å²) in [6, 6.07) is 11.7. The Bertz CT molecular complexity index is 1120. The van der Waals surface area contributed by atoms with E-state index in [0.29, 0.717) is 16.3 Å². The Balaban J connectivity index is 1.69. The lowest BCUT2D eigenvalue weighted by molar-refractivity contribution is -0.136. The first-order valence-corrected chi connectivity index (χ1v) is 8.24. The van der Waals surface area contributed by atoms with Gasteiger partial charge in [-0.2, -0.15) is 5.10 Å². The zero-order valence-electron chi connectivity index (χ0n) is 14.2. The molecule has 136 valence electrons. The molecule has 0 saturated carbocycles. The molecule has 0 spiro atoms. The number of aryl methyl sites for hydroxylation is 1. The molecule has 1 heterocycles. The summed E-state index contributed by atoms with van der Waals surface area (Å²) < 4.78 is 5.33. The minimum absolute atomic E-state index is 0.101. The second kappa shape index (κ2) is 7.84. The molecule has 0 unspecified atom stereocenters. The summed E-state index contributed by atoms with van der Waals surface area (Å²) in [5.74, 6) is -1.85. The molecule has 0 atom stereocenters. The summed E-state index contributed by atoms with van der Waals surface area (Å²) in [6.45, 7) is 1.86. The van der Waals surface area contributed by atoms with Crippen molar-refractivity contribution in [2.75, 3.05) is 5.32 Å². The van der Waals surface area contributed by atoms with Crippen molar-refractivity contribution in [3.63, 3.8) is 0 Å². The molecular formula is C19H14ClN3O4. The minimum atomic E-state index is -0.971. The molecule has 3 rings (SSSR count). The van der Waals surface area contributed by atoms with Gasteiger partial charge in [0.25, 0.3) is 0 Å². The van der Waals surface area contributed by atoms with Gasteiger partial charge in [-0.3, -0.25) is 14.4 Å². The third-order valence-electron chi connectivity index (χ3n) is 3.61. The van der Waals surface area contributed by atoms with Crippen molar-refractivity contribution in [2.24, 2.45) is 5.10 Å². The average Bonchev–Trinajstić information content (AvgIpc) is 2.64. The number of carbonyl (C=O) groups excluding carboxylic acids is 2. The Kier molecular flexibility index (Phi) is 5.33. The largest absolute Gasteiger partial charge is 0.463 e. The molecule has 2 N–H and O–H groups in total. The van der Waals surface area contributed by atoms with Crippen LogP contribution in [0.5, 0.6) is 0 Å². The van der Waals surface area contributed by atoms with Crippen LogP contribution >= 0.6 is 11.6 Å². The van der Waals surface area contributed by atoms with Crippen molar-refractivity contribution < 1.29 is 14.0 Å². The SMILES string of the molecule is Cc1cccc(NC(=O)C(=O)N/N=C\c2coc3ccc(Cl)cc3c2=O)c1. The first-order chi connectivity index (χ1) is 12.9. The predicted molar refractivity (Wildman–Crippen MR) is 103 cm³/mol. The molecule has 0 aliphatic carbocycles. The van der Waals surface area contributed by atoms with Crippen LogP contribution in [-0.4, -0.2) is 18.0 Å². The van der Waals surface area contributed by atoms with Crippen LogP contribution in [-0.2, 0) is 9.59 Å². The van der Waals surface area contributed by atoms with Crippen LogP contribution in [0.15, 0.2) is 63.0 Å². The molecule has 2 aromatic carbocycles. The summed E-state index contributed by atoms with van der Waals surface area (Å²) in [7, 11) is 0. The molecule has 27 heavy (non-hydrogen) atoms. The highest BCUT2D eigenvalue weighted by molar-refractivity contribution is 6.39. The summed E-state index contributed by atoms with van der Waals surface area (Å²) in [5.41, 5.74) is 3.61. The number of hydrazone groups is 1. The zero-order chi connectivity index (χ0) is 19.4. The van der Waals surface area contributed by atoms with Crippen LogP contribution in [0.2, 0.25) is 5.02 Å². The highest BCUT2D eigenvalue weighted by Crippen LogP contribution is 2.16. The zero-order valence-corrected chi connectivity index (χ0v) is 14.9. The number of anilines is 1. The fraction of sp³-hybridized carbons (Fsp3) is 0.0526. The number of benzene rings is 2. The van der Waals surface area contributed by atoms with Gasteiger partial charge in [-0.25, -0.2) is 5.43 Å². The fourth-order valence-corrected chi connectivity index (χ4v) is 2.50. The molecule has 2 amide bonds. The van der Waals surface area contributed by atoms with Gasteiger partial charge in [0.15, 0.2) is 0 Å². The van der Waals surface area contributed by atoms with Crippen LogP contribution < -0.4 is 16.2 Å². The Labute approximate surface area is 158 Å². The molecule has 0 aliphatic rings. The van der Waals surface area contributed by atoms with Crippen LogP contribution in [0.4, 0.5) is 5.69 Å². The van der Waals surface area contributed by atoms with Crippen molar-refractivity contribution in [1.82, 2.24) is 5.43 Å². The maximum atomic E-state index is 12.4. The smallest absolute Gasteiger partial charge is 0.329 e. The summed E-state index contributed by atoms with van der Waals surface area (Å²) in [4.78, 5) is 36.0. The molecule has 0 aliphatic heterocycles. The molecule has 8 heteroatoms. The minimum Gasteiger partial charge on any atom is -0.463 e. The van der Waals surface area contributed by atoms with Gasteiger partial charge in [0.2, 0.25) is 5.43 Å². The summed E-state index contributed by atoms with van der Waals surface area (Å²) in [5, 5.41) is 6.77. The van der Waals surface area contributed by atoms with Crippen molar-refractivity contribution >= 4 is 46.3 Å². The number of nitrogens with one attached hydrogen (secondary N) is 2. The highest BCUT2D eigenvalue weighted by atomic mass is 35.5. The van der Waals surface area contributed by atoms with Gasteiger partial charge in [-0.15, -0.1) is 0 Å². The van der Waals surface area contributed by atoms with E-state index in [-0.39, 0.29) is 16.4 Å². The van der Waals surface area contributed by atoms with Gasteiger partial charge in [-0.05, 0) is 42.8 Å². The molecule has 0 fully saturated rings. The normalized spacial score (nSPS) is 10.9. The first-order valence-electron chi connectivity index (χ1n) is 7.86. The third-order valence-corrected chi connectivity index (χ3v) is 3.85. The van der Waals surface area contributed by atoms with Crippen molar-refractivity contribution in [2.45, 2.75) is 6.92 Å². The Morgan fingerprint density at radius 3 is 2.74 bits per heavy atom. The molecule has 0 radical (unpaired) electrons. The molecule has 0 saturated heterocycles. The van der Waals surface area contributed by atoms with E-state index < -0.39 is 11.8 Å². The van der Waals surface area contributed by atoms with Gasteiger partial charge in [0, 0.05) is 10.7 Å². The quantitative estimate of drug-likeness (QED) is 0.412. The van der Waals surface area contributed by atoms with E-state index in [9.17, 15) is 14.4 Å². The van der Waals surface area contributed by atoms with Crippen LogP contribution in [0.25, 0.3) is 11.0 Å². The Morgan fingerprint density at radius 2 is 1.96 bits per heavy atom. The van der Waals surface area contributed by atoms with Gasteiger partial charge < -0.3 is 9.73 Å². The number of carbonyl (C=O) groups is 2. The van der Waals surface area contributed by atoms with E-state index in [1.807, 2.05) is 13.0 Å². The number of fused-ring (bicyclic) bond motifs is 1. The van der Waals surface area contributed by atoms with E-state index in [1.54, 1.807) is 30.3 Å². The van der Waals surface area contributed by atoms with Crippen molar-refractivity contribution in [1.29, 1.82) is 0 Å². The maximum Gasteiger partial charge on any atom is 0.329 e. The molecule has 0 bridgehead atoms. The molecule has 3 aromatic rings. The van der Waals surface area contributed by atoms with Crippen LogP contribution in [0, 0.1) is 6.92 Å². The van der Waals surface area contributed by atoms with Crippen molar-refractivity contribution in [3.05, 3.63) is 75.1 Å². The maximum absolute atomic E-state index is 12.4. The van der Waals surface area contributed by atoms with Gasteiger partial charge >= 0.3 is 11.8 Å². The summed E-state index contributed by atoms with van der Waals surface area (Å²) in [6.07, 6.45) is 2.31. The monoisotopic (exact) mass is 383 g/mol. The van der Waals surface area contributed by atoms with Gasteiger partial charge in [0.05, 0.1) is 17.2 Å². The fourth-order valence-electron chi connectivity index (χ4n) is 2.33. The third kappa shape index (κ3) is 4.39. The molecule has 1 aromatic heterocycles. The standard InChI is InChI=1S/C19H14ClN3O4/c1-11-3-2-4-14(7-11)22-18(25)19(26)23-21-9-12-10-27-16-6-5-13(20)8-15(16)17(12)24/h2-10H,1H3,(H,22,25)(H,23,26)/b21-9-. The topological polar surface area (TPSA) is 101 Å². The van der Waals surface area contributed by atoms with Crippen molar-refractivity contribution in [3.8, 4) is 0 Å². The Morgan fingerprint density at radius 1 is 1.15 bits per heavy atom. The van der Waals surface area contributed by atoms with Gasteiger partial charge in [0.1, 0.15) is 11.8 Å². The number of halogens is 1. The molecular weight excluding hydrogens is 370 g/mol. The second-order valence-corrected chi connectivity index (χ2v) is 6.12. The lowest BCUT2D eigenvalue weighted by atomic mass is 10.2. The number of rotatable bonds is 3. The number of hydrogen-bond donors (Lipinski definition) is 2. The molecule has 7 nitrogen and oxygen atoms in total. The van der Waals surface area contributed by atoms with E-state index in [2.05, 4.69) is 15.8 Å². The lowest BCUT2D eigenvalue weighted by Crippen LogP contribution is -2.32. The predicted octanol–water partition coefficient (Wildman–Crippen LogP) is 2.84. The Hall–Kier alpha value is -3.45. The van der Waals surface area contributed by atoms with Crippen LogP contribution in [0.1, 0.15) is 11.1 Å². The lowest BCUT2D eigenvalue weighted by Gasteiger charge is -2.04. The van der Waals surface area contributed by atoms with Crippen LogP contribution in [0.3, 0.4) is 0 Å².